The maximum atomic E-state index is 12.2. The molecule has 1 saturated heterocycles. The van der Waals surface area contributed by atoms with E-state index in [4.69, 9.17) is 4.74 Å². The van der Waals surface area contributed by atoms with E-state index in [0.717, 1.165) is 22.7 Å². The summed E-state index contributed by atoms with van der Waals surface area (Å²) in [5.41, 5.74) is -0.0837. The number of ether oxygens (including phenoxy) is 1. The normalized spacial score (nSPS) is 21.0. The van der Waals surface area contributed by atoms with Crippen LogP contribution in [0, 0.1) is 5.92 Å². The average molecular weight is 331 g/mol. The molecule has 0 radical (unpaired) electrons. The number of nitrogens with zero attached hydrogens (tertiary/aromatic N) is 2. The first kappa shape index (κ1) is 18.0. The van der Waals surface area contributed by atoms with Crippen molar-refractivity contribution in [2.45, 2.75) is 46.1 Å². The highest BCUT2D eigenvalue weighted by atomic mass is 16.5. The van der Waals surface area contributed by atoms with Crippen molar-refractivity contribution in [2.75, 3.05) is 6.61 Å². The van der Waals surface area contributed by atoms with Crippen LogP contribution in [-0.2, 0) is 4.79 Å². The predicted octanol–water partition coefficient (Wildman–Crippen LogP) is 3.17. The van der Waals surface area contributed by atoms with Crippen LogP contribution < -0.4 is 10.1 Å². The van der Waals surface area contributed by atoms with Crippen molar-refractivity contribution in [1.82, 2.24) is 10.3 Å². The summed E-state index contributed by atoms with van der Waals surface area (Å²) in [6.07, 6.45) is 3.02. The van der Waals surface area contributed by atoms with E-state index in [1.54, 1.807) is 6.92 Å². The highest BCUT2D eigenvalue weighted by Gasteiger charge is 2.46. The van der Waals surface area contributed by atoms with Crippen molar-refractivity contribution < 1.29 is 14.3 Å². The number of urea groups is 1. The van der Waals surface area contributed by atoms with Crippen LogP contribution in [-0.4, -0.2) is 35.3 Å². The molecule has 2 rings (SSSR count). The number of hydrogen-bond donors (Lipinski definition) is 1. The molecule has 1 heterocycles. The zero-order valence-electron chi connectivity index (χ0n) is 14.7. The monoisotopic (exact) mass is 331 g/mol. The largest absolute Gasteiger partial charge is 0.494 e. The molecule has 0 aromatic heterocycles. The van der Waals surface area contributed by atoms with E-state index >= 15 is 0 Å². The molecule has 1 fully saturated rings. The van der Waals surface area contributed by atoms with Gasteiger partial charge in [-0.25, -0.2) is 4.79 Å². The van der Waals surface area contributed by atoms with Crippen molar-refractivity contribution in [3.05, 3.63) is 29.8 Å². The van der Waals surface area contributed by atoms with Crippen molar-refractivity contribution in [3.63, 3.8) is 0 Å². The van der Waals surface area contributed by atoms with E-state index < -0.39 is 11.6 Å². The lowest BCUT2D eigenvalue weighted by Gasteiger charge is -2.17. The van der Waals surface area contributed by atoms with Gasteiger partial charge >= 0.3 is 6.03 Å². The van der Waals surface area contributed by atoms with Gasteiger partial charge in [0.15, 0.2) is 0 Å². The summed E-state index contributed by atoms with van der Waals surface area (Å²) < 4.78 is 5.65. The average Bonchev–Trinajstić information content (AvgIpc) is 2.76. The third kappa shape index (κ3) is 4.13. The van der Waals surface area contributed by atoms with Gasteiger partial charge in [-0.2, -0.15) is 5.10 Å². The molecule has 0 saturated carbocycles. The van der Waals surface area contributed by atoms with Crippen molar-refractivity contribution in [2.24, 2.45) is 11.0 Å². The summed E-state index contributed by atoms with van der Waals surface area (Å²) in [6.45, 7) is 8.54. The molecule has 0 bridgehead atoms. The minimum absolute atomic E-state index is 0.333. The van der Waals surface area contributed by atoms with Gasteiger partial charge in [0.2, 0.25) is 0 Å². The van der Waals surface area contributed by atoms with Crippen molar-refractivity contribution in [3.8, 4) is 5.75 Å². The fraction of sp³-hybridized carbons (Fsp3) is 0.500. The SMILES string of the molecule is CCC1(C)NC(=O)N(/N=C/c2ccc(OCCC(C)C)cc2)C1=O. The molecular formula is C18H25N3O3. The molecule has 1 aromatic carbocycles. The first-order valence-corrected chi connectivity index (χ1v) is 8.29. The summed E-state index contributed by atoms with van der Waals surface area (Å²) in [4.78, 5) is 24.1. The summed E-state index contributed by atoms with van der Waals surface area (Å²) in [6, 6.07) is 6.89. The quantitative estimate of drug-likeness (QED) is 0.616. The summed E-state index contributed by atoms with van der Waals surface area (Å²) in [5.74, 6) is 1.07. The van der Waals surface area contributed by atoms with Gasteiger partial charge in [0.05, 0.1) is 12.8 Å². The van der Waals surface area contributed by atoms with Gasteiger partial charge in [-0.15, -0.1) is 5.01 Å². The van der Waals surface area contributed by atoms with E-state index in [2.05, 4.69) is 24.3 Å². The van der Waals surface area contributed by atoms with Crippen LogP contribution in [0.15, 0.2) is 29.4 Å². The highest BCUT2D eigenvalue weighted by molar-refractivity contribution is 6.07. The Morgan fingerprint density at radius 2 is 1.96 bits per heavy atom. The van der Waals surface area contributed by atoms with Gasteiger partial charge in [0, 0.05) is 0 Å². The van der Waals surface area contributed by atoms with Crippen LogP contribution in [0.3, 0.4) is 0 Å². The molecule has 1 aliphatic heterocycles. The van der Waals surface area contributed by atoms with Crippen molar-refractivity contribution >= 4 is 18.2 Å². The first-order valence-electron chi connectivity index (χ1n) is 8.29. The zero-order chi connectivity index (χ0) is 17.7. The van der Waals surface area contributed by atoms with E-state index in [1.165, 1.54) is 6.21 Å². The lowest BCUT2D eigenvalue weighted by atomic mass is 10.00. The molecule has 1 atom stereocenters. The molecule has 130 valence electrons. The van der Waals surface area contributed by atoms with Crippen LogP contribution in [0.5, 0.6) is 5.75 Å². The molecule has 3 amide bonds. The fourth-order valence-corrected chi connectivity index (χ4v) is 2.20. The van der Waals surface area contributed by atoms with Crippen LogP contribution in [0.2, 0.25) is 0 Å². The third-order valence-corrected chi connectivity index (χ3v) is 4.11. The van der Waals surface area contributed by atoms with E-state index in [0.29, 0.717) is 18.9 Å². The molecule has 1 unspecified atom stereocenters. The molecule has 1 N–H and O–H groups in total. The van der Waals surface area contributed by atoms with E-state index in [9.17, 15) is 9.59 Å². The second kappa shape index (κ2) is 7.47. The predicted molar refractivity (Wildman–Crippen MR) is 93.1 cm³/mol. The van der Waals surface area contributed by atoms with Crippen molar-refractivity contribution in [1.29, 1.82) is 0 Å². The number of carbonyl (C=O) groups excluding carboxylic acids is 2. The second-order valence-corrected chi connectivity index (χ2v) is 6.58. The molecule has 24 heavy (non-hydrogen) atoms. The lowest BCUT2D eigenvalue weighted by Crippen LogP contribution is -2.42. The smallest absolute Gasteiger partial charge is 0.346 e. The molecule has 1 aliphatic rings. The number of imide groups is 1. The highest BCUT2D eigenvalue weighted by Crippen LogP contribution is 2.21. The minimum atomic E-state index is -0.872. The van der Waals surface area contributed by atoms with Crippen LogP contribution in [0.4, 0.5) is 4.79 Å². The van der Waals surface area contributed by atoms with Gasteiger partial charge in [-0.3, -0.25) is 4.79 Å². The van der Waals surface area contributed by atoms with Gasteiger partial charge in [0.1, 0.15) is 11.3 Å². The molecular weight excluding hydrogens is 306 g/mol. The summed E-state index contributed by atoms with van der Waals surface area (Å²) in [7, 11) is 0. The molecule has 0 aliphatic carbocycles. The first-order chi connectivity index (χ1) is 11.4. The Labute approximate surface area is 142 Å². The van der Waals surface area contributed by atoms with E-state index in [1.807, 2.05) is 31.2 Å². The fourth-order valence-electron chi connectivity index (χ4n) is 2.20. The Hall–Kier alpha value is -2.37. The Morgan fingerprint density at radius 1 is 1.29 bits per heavy atom. The topological polar surface area (TPSA) is 71.0 Å². The number of benzene rings is 1. The number of nitrogens with one attached hydrogen (secondary N) is 1. The molecule has 6 nitrogen and oxygen atoms in total. The Bertz CT molecular complexity index is 625. The number of amides is 3. The van der Waals surface area contributed by atoms with Crippen LogP contribution in [0.25, 0.3) is 0 Å². The molecule has 6 heteroatoms. The van der Waals surface area contributed by atoms with Gasteiger partial charge in [-0.05, 0) is 55.5 Å². The van der Waals surface area contributed by atoms with E-state index in [-0.39, 0.29) is 5.91 Å². The lowest BCUT2D eigenvalue weighted by molar-refractivity contribution is -0.130. The standard InChI is InChI=1S/C18H25N3O3/c1-5-18(4)16(22)21(17(23)20-18)19-12-14-6-8-15(9-7-14)24-11-10-13(2)3/h6-9,12-13H,5,10-11H2,1-4H3,(H,20,23)/b19-12+. The Balaban J connectivity index is 1.97. The maximum Gasteiger partial charge on any atom is 0.346 e. The number of hydrazone groups is 1. The zero-order valence-corrected chi connectivity index (χ0v) is 14.7. The molecule has 1 aromatic rings. The Morgan fingerprint density at radius 3 is 2.50 bits per heavy atom. The van der Waals surface area contributed by atoms with Crippen LogP contribution >= 0.6 is 0 Å². The minimum Gasteiger partial charge on any atom is -0.494 e. The Kier molecular flexibility index (Phi) is 5.59. The number of rotatable bonds is 7. The maximum absolute atomic E-state index is 12.2. The van der Waals surface area contributed by atoms with Gasteiger partial charge < -0.3 is 10.1 Å². The molecule has 0 spiro atoms. The summed E-state index contributed by atoms with van der Waals surface area (Å²) >= 11 is 0. The second-order valence-electron chi connectivity index (χ2n) is 6.58. The van der Waals surface area contributed by atoms with Crippen LogP contribution in [0.1, 0.15) is 46.1 Å². The third-order valence-electron chi connectivity index (χ3n) is 4.11. The number of hydrogen-bond acceptors (Lipinski definition) is 4. The van der Waals surface area contributed by atoms with Gasteiger partial charge in [-0.1, -0.05) is 20.8 Å². The number of carbonyl (C=O) groups is 2. The van der Waals surface area contributed by atoms with Gasteiger partial charge in [0.25, 0.3) is 5.91 Å². The summed E-state index contributed by atoms with van der Waals surface area (Å²) in [5, 5.41) is 7.57.